The molecule has 0 unspecified atom stereocenters. The fourth-order valence-electron chi connectivity index (χ4n) is 3.32. The van der Waals surface area contributed by atoms with Crippen LogP contribution in [0.4, 0.5) is 11.4 Å². The van der Waals surface area contributed by atoms with Crippen LogP contribution in [0.3, 0.4) is 0 Å². The van der Waals surface area contributed by atoms with E-state index in [2.05, 4.69) is 35.7 Å². The zero-order valence-electron chi connectivity index (χ0n) is 13.7. The van der Waals surface area contributed by atoms with Crippen molar-refractivity contribution in [2.75, 3.05) is 44.4 Å². The van der Waals surface area contributed by atoms with E-state index < -0.39 is 0 Å². The Hall–Kier alpha value is -2.21. The molecular weight excluding hydrogens is 322 g/mol. The summed E-state index contributed by atoms with van der Waals surface area (Å²) in [5, 5.41) is 1.90. The minimum Gasteiger partial charge on any atom is -0.480 e. The van der Waals surface area contributed by atoms with Crippen molar-refractivity contribution in [3.63, 3.8) is 0 Å². The normalized spacial score (nSPS) is 17.6. The van der Waals surface area contributed by atoms with Crippen molar-refractivity contribution in [2.24, 2.45) is 4.99 Å². The molecule has 0 atom stereocenters. The summed E-state index contributed by atoms with van der Waals surface area (Å²) < 4.78 is 14.2. The molecule has 0 bridgehead atoms. The van der Waals surface area contributed by atoms with Crippen LogP contribution in [0.1, 0.15) is 0 Å². The average Bonchev–Trinajstić information content (AvgIpc) is 2.58. The third-order valence-electron chi connectivity index (χ3n) is 4.73. The molecule has 0 spiro atoms. The number of likely N-dealkylation sites (N-methyl/N-ethyl adjacent to an activating group) is 1. The van der Waals surface area contributed by atoms with Gasteiger partial charge in [0.15, 0.2) is 23.8 Å². The van der Waals surface area contributed by atoms with E-state index in [1.54, 1.807) is 0 Å². The molecule has 6 heteroatoms. The molecule has 0 amide bonds. The molecule has 2 aromatic rings. The van der Waals surface area contributed by atoms with Gasteiger partial charge in [0, 0.05) is 36.4 Å². The predicted octanol–water partition coefficient (Wildman–Crippen LogP) is 1.80. The maximum atomic E-state index is 6.19. The summed E-state index contributed by atoms with van der Waals surface area (Å²) in [5.74, 6) is 3.61. The van der Waals surface area contributed by atoms with Crippen LogP contribution in [-0.2, 0) is 0 Å². The SMILES string of the molecule is CN1CCSc2cc3c(cc21)Oc1cc2c(cc1=N3)OCC[N+]=2C. The summed E-state index contributed by atoms with van der Waals surface area (Å²) in [7, 11) is 4.20. The molecular formula is C18H18N3O2S+. The first-order valence-electron chi connectivity index (χ1n) is 8.12. The number of hydrogen-bond acceptors (Lipinski definition) is 5. The summed E-state index contributed by atoms with van der Waals surface area (Å²) >= 11 is 1.88. The van der Waals surface area contributed by atoms with Gasteiger partial charge in [0.25, 0.3) is 0 Å². The Kier molecular flexibility index (Phi) is 3.03. The van der Waals surface area contributed by atoms with Gasteiger partial charge in [-0.3, -0.25) is 0 Å². The van der Waals surface area contributed by atoms with Crippen LogP contribution in [0.25, 0.3) is 0 Å². The van der Waals surface area contributed by atoms with Crippen molar-refractivity contribution in [1.82, 2.24) is 4.58 Å². The van der Waals surface area contributed by atoms with Gasteiger partial charge in [-0.05, 0) is 6.07 Å². The van der Waals surface area contributed by atoms with Gasteiger partial charge < -0.3 is 14.4 Å². The lowest BCUT2D eigenvalue weighted by Crippen LogP contribution is -2.37. The molecule has 5 nitrogen and oxygen atoms in total. The molecule has 0 saturated carbocycles. The second-order valence-electron chi connectivity index (χ2n) is 6.33. The third-order valence-corrected chi connectivity index (χ3v) is 5.76. The van der Waals surface area contributed by atoms with Crippen molar-refractivity contribution in [1.29, 1.82) is 0 Å². The Morgan fingerprint density at radius 3 is 3.00 bits per heavy atom. The first-order chi connectivity index (χ1) is 11.7. The van der Waals surface area contributed by atoms with Gasteiger partial charge in [-0.1, -0.05) is 0 Å². The maximum absolute atomic E-state index is 6.19. The molecule has 3 aliphatic heterocycles. The highest BCUT2D eigenvalue weighted by molar-refractivity contribution is 7.99. The fraction of sp³-hybridized carbons (Fsp3) is 0.333. The molecule has 3 heterocycles. The number of thioether (sulfide) groups is 1. The predicted molar refractivity (Wildman–Crippen MR) is 94.9 cm³/mol. The van der Waals surface area contributed by atoms with Gasteiger partial charge in [0.05, 0.1) is 11.8 Å². The van der Waals surface area contributed by atoms with Crippen molar-refractivity contribution in [2.45, 2.75) is 4.90 Å². The Morgan fingerprint density at radius 2 is 2.08 bits per heavy atom. The lowest BCUT2D eigenvalue weighted by molar-refractivity contribution is 0.279. The molecule has 122 valence electrons. The monoisotopic (exact) mass is 340 g/mol. The van der Waals surface area contributed by atoms with E-state index >= 15 is 0 Å². The quantitative estimate of drug-likeness (QED) is 0.585. The number of anilines is 1. The summed E-state index contributed by atoms with van der Waals surface area (Å²) in [6.45, 7) is 2.64. The number of benzene rings is 2. The Balaban J connectivity index is 1.71. The molecule has 2 aromatic carbocycles. The molecule has 0 saturated heterocycles. The van der Waals surface area contributed by atoms with Crippen molar-refractivity contribution < 1.29 is 9.47 Å². The van der Waals surface area contributed by atoms with Crippen molar-refractivity contribution in [3.8, 4) is 17.2 Å². The van der Waals surface area contributed by atoms with Gasteiger partial charge >= 0.3 is 0 Å². The highest BCUT2D eigenvalue weighted by Gasteiger charge is 2.23. The molecule has 0 N–H and O–H groups in total. The molecule has 0 aromatic heterocycles. The van der Waals surface area contributed by atoms with E-state index in [0.717, 1.165) is 52.5 Å². The minimum atomic E-state index is 0.705. The van der Waals surface area contributed by atoms with Gasteiger partial charge in [0.2, 0.25) is 5.36 Å². The molecule has 0 aliphatic carbocycles. The van der Waals surface area contributed by atoms with Crippen molar-refractivity contribution >= 4 is 23.1 Å². The fourth-order valence-corrected chi connectivity index (χ4v) is 4.46. The standard InChI is InChI=1S/C18H18N3O2S/c1-20-3-5-22-17-7-11-15(9-13(17)20)23-16-10-14-18(8-12(16)19-11)24-6-4-21(14)2/h7-10H,3-6H2,1-2H3/q+1. The molecule has 0 fully saturated rings. The molecule has 0 radical (unpaired) electrons. The highest BCUT2D eigenvalue weighted by atomic mass is 32.2. The van der Waals surface area contributed by atoms with Gasteiger partial charge in [-0.25, -0.2) is 9.57 Å². The number of fused-ring (bicyclic) bond motifs is 4. The van der Waals surface area contributed by atoms with Gasteiger partial charge in [0.1, 0.15) is 24.7 Å². The largest absolute Gasteiger partial charge is 0.480 e. The number of rotatable bonds is 0. The number of hydrogen-bond donors (Lipinski definition) is 0. The van der Waals surface area contributed by atoms with Gasteiger partial charge in [-0.2, -0.15) is 0 Å². The lowest BCUT2D eigenvalue weighted by atomic mass is 10.2. The Bertz CT molecular complexity index is 987. The average molecular weight is 340 g/mol. The number of ether oxygens (including phenoxy) is 2. The minimum absolute atomic E-state index is 0.705. The van der Waals surface area contributed by atoms with E-state index in [1.165, 1.54) is 10.6 Å². The molecule has 5 rings (SSSR count). The van der Waals surface area contributed by atoms with Crippen LogP contribution in [-0.4, -0.2) is 39.5 Å². The second-order valence-corrected chi connectivity index (χ2v) is 7.47. The van der Waals surface area contributed by atoms with E-state index in [4.69, 9.17) is 14.5 Å². The first-order valence-corrected chi connectivity index (χ1v) is 9.11. The van der Waals surface area contributed by atoms with E-state index in [0.29, 0.717) is 6.61 Å². The summed E-state index contributed by atoms with van der Waals surface area (Å²) in [6, 6.07) is 8.28. The highest BCUT2D eigenvalue weighted by Crippen LogP contribution is 2.44. The summed E-state index contributed by atoms with van der Waals surface area (Å²) in [4.78, 5) is 8.37. The zero-order chi connectivity index (χ0) is 16.3. The van der Waals surface area contributed by atoms with Crippen molar-refractivity contribution in [3.05, 3.63) is 35.0 Å². The first kappa shape index (κ1) is 14.2. The molecule has 24 heavy (non-hydrogen) atoms. The summed E-state index contributed by atoms with van der Waals surface area (Å²) in [6.07, 6.45) is 0. The van der Waals surface area contributed by atoms with Crippen LogP contribution in [0.2, 0.25) is 0 Å². The Labute approximate surface area is 144 Å². The third kappa shape index (κ3) is 2.09. The second kappa shape index (κ2) is 5.14. The molecule has 3 aliphatic rings. The van der Waals surface area contributed by atoms with Crippen LogP contribution in [0.15, 0.2) is 34.2 Å². The van der Waals surface area contributed by atoms with Crippen LogP contribution in [0, 0.1) is 0 Å². The lowest BCUT2D eigenvalue weighted by Gasteiger charge is -2.28. The maximum Gasteiger partial charge on any atom is 0.246 e. The summed E-state index contributed by atoms with van der Waals surface area (Å²) in [5.41, 5.74) is 2.12. The Morgan fingerprint density at radius 1 is 1.17 bits per heavy atom. The van der Waals surface area contributed by atoms with Crippen LogP contribution in [0.5, 0.6) is 17.2 Å². The van der Waals surface area contributed by atoms with Gasteiger partial charge in [-0.15, -0.1) is 11.8 Å². The van der Waals surface area contributed by atoms with E-state index in [9.17, 15) is 0 Å². The van der Waals surface area contributed by atoms with E-state index in [1.807, 2.05) is 23.9 Å². The smallest absolute Gasteiger partial charge is 0.246 e. The van der Waals surface area contributed by atoms with Crippen LogP contribution < -0.4 is 29.7 Å². The van der Waals surface area contributed by atoms with E-state index in [-0.39, 0.29) is 0 Å². The topological polar surface area (TPSA) is 37.1 Å². The number of nitrogens with zero attached hydrogens (tertiary/aromatic N) is 3. The zero-order valence-corrected chi connectivity index (χ0v) is 14.5. The van der Waals surface area contributed by atoms with Crippen LogP contribution >= 0.6 is 11.8 Å².